The molecule has 0 aromatic heterocycles. The molecule has 0 heterocycles. The maximum absolute atomic E-state index is 12.7. The number of halogens is 3. The van der Waals surface area contributed by atoms with Gasteiger partial charge in [0.2, 0.25) is 0 Å². The van der Waals surface area contributed by atoms with Crippen molar-refractivity contribution in [3.63, 3.8) is 0 Å². The number of nitrogens with zero attached hydrogens (tertiary/aromatic N) is 1. The average Bonchev–Trinajstić information content (AvgIpc) is 2.23. The molecule has 0 saturated carbocycles. The Morgan fingerprint density at radius 1 is 1.40 bits per heavy atom. The summed E-state index contributed by atoms with van der Waals surface area (Å²) in [4.78, 5) is 3.89. The third kappa shape index (κ3) is 3.79. The fourth-order valence-electron chi connectivity index (χ4n) is 0.829. The Morgan fingerprint density at radius 2 is 2.13 bits per heavy atom. The van der Waals surface area contributed by atoms with Crippen LogP contribution in [0.2, 0.25) is 0 Å². The third-order valence-corrected chi connectivity index (χ3v) is 2.22. The van der Waals surface area contributed by atoms with Crippen LogP contribution in [0.3, 0.4) is 0 Å². The topological polar surface area (TPSA) is 38.4 Å². The summed E-state index contributed by atoms with van der Waals surface area (Å²) in [6.07, 6.45) is 3.01. The van der Waals surface area contributed by atoms with Crippen molar-refractivity contribution in [3.8, 4) is 0 Å². The summed E-state index contributed by atoms with van der Waals surface area (Å²) >= 11 is 3.16. The van der Waals surface area contributed by atoms with Gasteiger partial charge in [-0.1, -0.05) is 15.9 Å². The minimum absolute atomic E-state index is 0.340. The van der Waals surface area contributed by atoms with Gasteiger partial charge in [0, 0.05) is 23.3 Å². The Bertz CT molecular complexity index is 402. The number of allylic oxidation sites excluding steroid dienone is 2. The minimum atomic E-state index is -0.915. The van der Waals surface area contributed by atoms with E-state index in [1.807, 2.05) is 0 Å². The molecule has 0 atom stereocenters. The van der Waals surface area contributed by atoms with Gasteiger partial charge in [0.1, 0.15) is 0 Å². The SMILES string of the molecule is N/C(=C\C=Nc1ccc(F)c(F)c1)CBr. The number of aliphatic imine (C=N–C) groups is 1. The molecular weight excluding hydrogens is 266 g/mol. The Balaban J connectivity index is 2.77. The van der Waals surface area contributed by atoms with Crippen molar-refractivity contribution in [2.24, 2.45) is 10.7 Å². The molecule has 0 saturated heterocycles. The molecule has 15 heavy (non-hydrogen) atoms. The predicted octanol–water partition coefficient (Wildman–Crippen LogP) is 2.90. The van der Waals surface area contributed by atoms with Gasteiger partial charge in [-0.05, 0) is 18.2 Å². The van der Waals surface area contributed by atoms with Crippen LogP contribution in [0.25, 0.3) is 0 Å². The van der Waals surface area contributed by atoms with Crippen molar-refractivity contribution >= 4 is 27.8 Å². The summed E-state index contributed by atoms with van der Waals surface area (Å²) in [5, 5.41) is 0.538. The lowest BCUT2D eigenvalue weighted by Crippen LogP contribution is -1.97. The van der Waals surface area contributed by atoms with Crippen LogP contribution in [0.4, 0.5) is 14.5 Å². The van der Waals surface area contributed by atoms with Crippen LogP contribution in [0.5, 0.6) is 0 Å². The first kappa shape index (κ1) is 11.8. The van der Waals surface area contributed by atoms with Crippen molar-refractivity contribution in [2.45, 2.75) is 0 Å². The standard InChI is InChI=1S/C10H9BrF2N2/c11-6-7(14)3-4-15-8-1-2-9(12)10(13)5-8/h1-5H,6,14H2/b7-3-,15-4?. The normalized spacial score (nSPS) is 12.3. The highest BCUT2D eigenvalue weighted by atomic mass is 79.9. The lowest BCUT2D eigenvalue weighted by molar-refractivity contribution is 0.509. The number of benzene rings is 1. The van der Waals surface area contributed by atoms with E-state index in [4.69, 9.17) is 5.73 Å². The minimum Gasteiger partial charge on any atom is -0.401 e. The summed E-state index contributed by atoms with van der Waals surface area (Å²) in [5.74, 6) is -1.80. The molecule has 1 rings (SSSR count). The second kappa shape index (κ2) is 5.60. The van der Waals surface area contributed by atoms with Crippen molar-refractivity contribution in [3.05, 3.63) is 41.6 Å². The summed E-state index contributed by atoms with van der Waals surface area (Å²) in [5.41, 5.74) is 6.42. The van der Waals surface area contributed by atoms with Gasteiger partial charge in [-0.3, -0.25) is 4.99 Å². The van der Waals surface area contributed by atoms with Crippen LogP contribution < -0.4 is 5.73 Å². The van der Waals surface area contributed by atoms with Gasteiger partial charge in [0.05, 0.1) is 5.69 Å². The van der Waals surface area contributed by atoms with Crippen LogP contribution >= 0.6 is 15.9 Å². The molecule has 0 aliphatic heterocycles. The molecule has 2 N–H and O–H groups in total. The first-order valence-corrected chi connectivity index (χ1v) is 5.25. The Labute approximate surface area is 94.6 Å². The zero-order valence-electron chi connectivity index (χ0n) is 7.75. The zero-order valence-corrected chi connectivity index (χ0v) is 9.34. The van der Waals surface area contributed by atoms with E-state index in [1.54, 1.807) is 6.08 Å². The van der Waals surface area contributed by atoms with E-state index in [9.17, 15) is 8.78 Å². The Kier molecular flexibility index (Phi) is 4.42. The van der Waals surface area contributed by atoms with Crippen molar-refractivity contribution in [1.29, 1.82) is 0 Å². The average molecular weight is 275 g/mol. The van der Waals surface area contributed by atoms with Crippen molar-refractivity contribution < 1.29 is 8.78 Å². The summed E-state index contributed by atoms with van der Waals surface area (Å²) < 4.78 is 25.3. The third-order valence-electron chi connectivity index (χ3n) is 1.57. The quantitative estimate of drug-likeness (QED) is 0.668. The molecule has 0 bridgehead atoms. The second-order valence-electron chi connectivity index (χ2n) is 2.75. The lowest BCUT2D eigenvalue weighted by atomic mass is 10.3. The maximum Gasteiger partial charge on any atom is 0.160 e. The first-order chi connectivity index (χ1) is 7.13. The molecule has 80 valence electrons. The van der Waals surface area contributed by atoms with E-state index in [0.29, 0.717) is 16.7 Å². The molecular formula is C10H9BrF2N2. The van der Waals surface area contributed by atoms with Gasteiger partial charge >= 0.3 is 0 Å². The molecule has 0 aliphatic carbocycles. The highest BCUT2D eigenvalue weighted by molar-refractivity contribution is 9.09. The zero-order chi connectivity index (χ0) is 11.3. The predicted molar refractivity (Wildman–Crippen MR) is 60.6 cm³/mol. The van der Waals surface area contributed by atoms with Crippen molar-refractivity contribution in [1.82, 2.24) is 0 Å². The molecule has 0 aliphatic rings. The summed E-state index contributed by atoms with van der Waals surface area (Å²) in [6, 6.07) is 3.43. The Morgan fingerprint density at radius 3 is 2.73 bits per heavy atom. The molecule has 1 aromatic rings. The number of alkyl halides is 1. The molecule has 1 aromatic carbocycles. The summed E-state index contributed by atoms with van der Waals surface area (Å²) in [7, 11) is 0. The van der Waals surface area contributed by atoms with Gasteiger partial charge in [-0.15, -0.1) is 0 Å². The molecule has 0 spiro atoms. The monoisotopic (exact) mass is 274 g/mol. The maximum atomic E-state index is 12.7. The molecule has 0 amide bonds. The van der Waals surface area contributed by atoms with Gasteiger partial charge in [-0.25, -0.2) is 8.78 Å². The van der Waals surface area contributed by atoms with Crippen molar-refractivity contribution in [2.75, 3.05) is 5.33 Å². The highest BCUT2D eigenvalue weighted by Gasteiger charge is 2.00. The van der Waals surface area contributed by atoms with E-state index in [-0.39, 0.29) is 0 Å². The molecule has 0 radical (unpaired) electrons. The van der Waals surface area contributed by atoms with E-state index in [1.165, 1.54) is 12.3 Å². The number of hydrogen-bond acceptors (Lipinski definition) is 2. The Hall–Kier alpha value is -1.23. The van der Waals surface area contributed by atoms with Gasteiger partial charge in [0.15, 0.2) is 11.6 Å². The van der Waals surface area contributed by atoms with Crippen LogP contribution in [-0.2, 0) is 0 Å². The molecule has 5 heteroatoms. The van der Waals surface area contributed by atoms with Crippen LogP contribution in [0.1, 0.15) is 0 Å². The van der Waals surface area contributed by atoms with Crippen LogP contribution in [-0.4, -0.2) is 11.5 Å². The molecule has 0 fully saturated rings. The van der Waals surface area contributed by atoms with Crippen LogP contribution in [0, 0.1) is 11.6 Å². The fraction of sp³-hybridized carbons (Fsp3) is 0.100. The second-order valence-corrected chi connectivity index (χ2v) is 3.31. The van der Waals surface area contributed by atoms with E-state index < -0.39 is 11.6 Å². The number of hydrogen-bond donors (Lipinski definition) is 1. The largest absolute Gasteiger partial charge is 0.401 e. The summed E-state index contributed by atoms with van der Waals surface area (Å²) in [6.45, 7) is 0. The first-order valence-electron chi connectivity index (χ1n) is 4.13. The highest BCUT2D eigenvalue weighted by Crippen LogP contribution is 2.15. The molecule has 2 nitrogen and oxygen atoms in total. The van der Waals surface area contributed by atoms with Gasteiger partial charge in [-0.2, -0.15) is 0 Å². The van der Waals surface area contributed by atoms with E-state index >= 15 is 0 Å². The smallest absolute Gasteiger partial charge is 0.160 e. The van der Waals surface area contributed by atoms with Crippen LogP contribution in [0.15, 0.2) is 35.0 Å². The number of nitrogens with two attached hydrogens (primary N) is 1. The molecule has 0 unspecified atom stereocenters. The number of rotatable bonds is 3. The van der Waals surface area contributed by atoms with E-state index in [0.717, 1.165) is 12.1 Å². The van der Waals surface area contributed by atoms with E-state index in [2.05, 4.69) is 20.9 Å². The lowest BCUT2D eigenvalue weighted by Gasteiger charge is -1.94. The van der Waals surface area contributed by atoms with Gasteiger partial charge in [0.25, 0.3) is 0 Å². The van der Waals surface area contributed by atoms with Gasteiger partial charge < -0.3 is 5.73 Å². The fourth-order valence-corrected chi connectivity index (χ4v) is 1.02.